The van der Waals surface area contributed by atoms with E-state index in [-0.39, 0.29) is 30.3 Å². The molecule has 0 aliphatic rings. The van der Waals surface area contributed by atoms with Crippen LogP contribution in [0.3, 0.4) is 0 Å². The molecule has 0 saturated carbocycles. The number of anilines is 1. The first-order valence-electron chi connectivity index (χ1n) is 9.00. The second-order valence-electron chi connectivity index (χ2n) is 6.39. The number of amides is 3. The predicted molar refractivity (Wildman–Crippen MR) is 111 cm³/mol. The lowest BCUT2D eigenvalue weighted by atomic mass is 10.1. The number of carboxylic acids is 2. The van der Waals surface area contributed by atoms with Gasteiger partial charge >= 0.3 is 11.9 Å². The van der Waals surface area contributed by atoms with Crippen molar-refractivity contribution in [2.24, 2.45) is 5.73 Å². The first kappa shape index (κ1) is 25.7. The summed E-state index contributed by atoms with van der Waals surface area (Å²) < 4.78 is 0. The average Bonchev–Trinajstić information content (AvgIpc) is 2.68. The summed E-state index contributed by atoms with van der Waals surface area (Å²) in [7, 11) is 0. The molecule has 12 nitrogen and oxygen atoms in total. The third-order valence-corrected chi connectivity index (χ3v) is 4.89. The van der Waals surface area contributed by atoms with Crippen molar-refractivity contribution in [3.8, 4) is 5.75 Å². The topological polar surface area (TPSA) is 208 Å². The molecule has 1 aromatic carbocycles. The van der Waals surface area contributed by atoms with Crippen LogP contribution in [0.1, 0.15) is 19.8 Å². The van der Waals surface area contributed by atoms with Gasteiger partial charge in [-0.1, -0.05) is 0 Å². The molecule has 0 aromatic heterocycles. The largest absolute Gasteiger partial charge is 0.507 e. The van der Waals surface area contributed by atoms with Gasteiger partial charge in [0.25, 0.3) is 0 Å². The Labute approximate surface area is 181 Å². The lowest BCUT2D eigenvalue weighted by Gasteiger charge is -2.18. The zero-order valence-corrected chi connectivity index (χ0v) is 17.4. The Morgan fingerprint density at radius 3 is 2.42 bits per heavy atom. The molecule has 2 atom stereocenters. The number of carbonyl (C=O) groups is 5. The summed E-state index contributed by atoms with van der Waals surface area (Å²) in [5.41, 5.74) is 5.76. The van der Waals surface area contributed by atoms with Gasteiger partial charge in [0.2, 0.25) is 17.7 Å². The number of thioether (sulfide) groups is 1. The smallest absolute Gasteiger partial charge is 0.322 e. The number of hydrogen-bond donors (Lipinski definition) is 7. The fourth-order valence-electron chi connectivity index (χ4n) is 2.23. The Morgan fingerprint density at radius 1 is 1.16 bits per heavy atom. The molecule has 1 rings (SSSR count). The van der Waals surface area contributed by atoms with Crippen LogP contribution in [-0.4, -0.2) is 69.4 Å². The van der Waals surface area contributed by atoms with Crippen molar-refractivity contribution in [2.75, 3.05) is 17.6 Å². The van der Waals surface area contributed by atoms with Crippen molar-refractivity contribution in [3.63, 3.8) is 0 Å². The number of benzene rings is 1. The highest BCUT2D eigenvalue weighted by Gasteiger charge is 2.23. The van der Waals surface area contributed by atoms with Crippen LogP contribution < -0.4 is 21.7 Å². The molecular formula is C18H24N4O8S. The van der Waals surface area contributed by atoms with Gasteiger partial charge in [0.15, 0.2) is 0 Å². The maximum absolute atomic E-state index is 12.3. The minimum Gasteiger partial charge on any atom is -0.507 e. The number of hydrogen-bond acceptors (Lipinski definition) is 8. The highest BCUT2D eigenvalue weighted by atomic mass is 32.2. The van der Waals surface area contributed by atoms with E-state index in [1.165, 1.54) is 25.1 Å². The van der Waals surface area contributed by atoms with E-state index in [4.69, 9.17) is 15.9 Å². The minimum absolute atomic E-state index is 0.0841. The Balaban J connectivity index is 2.85. The summed E-state index contributed by atoms with van der Waals surface area (Å²) in [6, 6.07) is 1.88. The average molecular weight is 459 g/mol. The Morgan fingerprint density at radius 2 is 1.84 bits per heavy atom. The summed E-state index contributed by atoms with van der Waals surface area (Å²) in [6.45, 7) is 0.650. The molecule has 0 radical (unpaired) electrons. The number of aromatic hydroxyl groups is 1. The van der Waals surface area contributed by atoms with E-state index in [1.54, 1.807) is 0 Å². The lowest BCUT2D eigenvalue weighted by molar-refractivity contribution is -0.139. The number of phenols is 1. The highest BCUT2D eigenvalue weighted by Crippen LogP contribution is 2.31. The van der Waals surface area contributed by atoms with Gasteiger partial charge in [0.05, 0.1) is 4.90 Å². The van der Waals surface area contributed by atoms with Crippen molar-refractivity contribution in [3.05, 3.63) is 18.2 Å². The Kier molecular flexibility index (Phi) is 10.3. The number of nitrogens with one attached hydrogen (secondary N) is 3. The van der Waals surface area contributed by atoms with Crippen LogP contribution in [0.5, 0.6) is 5.75 Å². The van der Waals surface area contributed by atoms with Gasteiger partial charge in [0, 0.05) is 24.8 Å². The van der Waals surface area contributed by atoms with Crippen LogP contribution in [-0.2, 0) is 24.0 Å². The zero-order chi connectivity index (χ0) is 23.6. The number of carboxylic acid groups (broad SMARTS) is 2. The second-order valence-corrected chi connectivity index (χ2v) is 7.45. The third-order valence-electron chi connectivity index (χ3n) is 3.75. The van der Waals surface area contributed by atoms with E-state index in [0.717, 1.165) is 11.8 Å². The Hall–Kier alpha value is -3.32. The van der Waals surface area contributed by atoms with Crippen molar-refractivity contribution in [2.45, 2.75) is 36.7 Å². The molecule has 0 spiro atoms. The summed E-state index contributed by atoms with van der Waals surface area (Å²) in [4.78, 5) is 57.4. The fraction of sp³-hybridized carbons (Fsp3) is 0.389. The molecule has 170 valence electrons. The van der Waals surface area contributed by atoms with Crippen LogP contribution in [0, 0.1) is 0 Å². The maximum Gasteiger partial charge on any atom is 0.322 e. The van der Waals surface area contributed by atoms with Crippen molar-refractivity contribution < 1.29 is 39.3 Å². The van der Waals surface area contributed by atoms with Crippen LogP contribution in [0.15, 0.2) is 23.1 Å². The second kappa shape index (κ2) is 12.4. The van der Waals surface area contributed by atoms with Crippen molar-refractivity contribution in [1.29, 1.82) is 0 Å². The molecule has 0 bridgehead atoms. The third kappa shape index (κ3) is 9.82. The molecule has 0 unspecified atom stereocenters. The van der Waals surface area contributed by atoms with Crippen LogP contribution in [0.2, 0.25) is 0 Å². The van der Waals surface area contributed by atoms with E-state index in [2.05, 4.69) is 16.0 Å². The predicted octanol–water partition coefficient (Wildman–Crippen LogP) is -0.680. The zero-order valence-electron chi connectivity index (χ0n) is 16.6. The molecular weight excluding hydrogens is 435 g/mol. The van der Waals surface area contributed by atoms with Gasteiger partial charge in [-0.2, -0.15) is 0 Å². The monoisotopic (exact) mass is 459 g/mol. The SMILES string of the molecule is CC(=O)Nc1ccc(O)c(SC[C@H](NC(=O)CC[C@H](N)C(=O)O)C(=O)[15NH][13CH2][13C](=O)O)c1. The molecule has 0 aliphatic carbocycles. The number of phenolic OH excluding ortho intramolecular Hbond substituents is 1. The molecule has 0 aliphatic heterocycles. The van der Waals surface area contributed by atoms with Gasteiger partial charge in [-0.3, -0.25) is 24.0 Å². The quantitative estimate of drug-likeness (QED) is 0.0906. The normalized spacial score (nSPS) is 12.3. The number of aliphatic carboxylic acids is 2. The number of rotatable bonds is 12. The molecule has 3 amide bonds. The molecule has 0 saturated heterocycles. The highest BCUT2D eigenvalue weighted by molar-refractivity contribution is 7.99. The fourth-order valence-corrected chi connectivity index (χ4v) is 3.24. The van der Waals surface area contributed by atoms with Gasteiger partial charge in [-0.15, -0.1) is 11.8 Å². The summed E-state index contributed by atoms with van der Waals surface area (Å²) in [5, 5.41) is 34.6. The van der Waals surface area contributed by atoms with Gasteiger partial charge in [-0.25, -0.2) is 0 Å². The van der Waals surface area contributed by atoms with Crippen LogP contribution in [0.25, 0.3) is 0 Å². The standard InChI is InChI=1S/C18H24N4O8S/c1-9(23)21-10-2-4-13(24)14(6-10)31-8-12(17(28)20-7-16(26)27)22-15(25)5-3-11(19)18(29)30/h2,4,6,11-12,24H,3,5,7-8,19H2,1H3,(H,20,28)(H,21,23)(H,22,25)(H,26,27)(H,29,30)/t11-,12-/m0/s1/i7+1,16+1,20+1. The van der Waals surface area contributed by atoms with E-state index < -0.39 is 42.4 Å². The number of nitrogens with two attached hydrogens (primary N) is 1. The maximum atomic E-state index is 12.3. The molecule has 13 heteroatoms. The summed E-state index contributed by atoms with van der Waals surface area (Å²) in [6.07, 6.45) is -0.415. The Bertz CT molecular complexity index is 848. The van der Waals surface area contributed by atoms with E-state index in [1.807, 2.05) is 0 Å². The minimum atomic E-state index is -1.28. The van der Waals surface area contributed by atoms with E-state index >= 15 is 0 Å². The number of carbonyl (C=O) groups excluding carboxylic acids is 3. The molecule has 0 heterocycles. The first-order chi connectivity index (χ1) is 14.5. The first-order valence-corrected chi connectivity index (χ1v) is 9.98. The van der Waals surface area contributed by atoms with Gasteiger partial charge in [-0.05, 0) is 24.6 Å². The molecule has 1 aromatic rings. The van der Waals surface area contributed by atoms with Gasteiger partial charge in [0.1, 0.15) is 24.4 Å². The van der Waals surface area contributed by atoms with Crippen LogP contribution >= 0.6 is 11.8 Å². The molecule has 0 fully saturated rings. The van der Waals surface area contributed by atoms with Gasteiger partial charge < -0.3 is 37.0 Å². The molecule has 8 N–H and O–H groups in total. The van der Waals surface area contributed by atoms with Crippen molar-refractivity contribution in [1.82, 2.24) is 10.6 Å². The van der Waals surface area contributed by atoms with Crippen LogP contribution in [0.4, 0.5) is 5.69 Å². The van der Waals surface area contributed by atoms with E-state index in [9.17, 15) is 29.1 Å². The lowest BCUT2D eigenvalue weighted by Crippen LogP contribution is -2.49. The molecule has 31 heavy (non-hydrogen) atoms. The van der Waals surface area contributed by atoms with E-state index in [0.29, 0.717) is 10.6 Å². The summed E-state index contributed by atoms with van der Waals surface area (Å²) in [5.74, 6) is -4.50. The van der Waals surface area contributed by atoms with Crippen molar-refractivity contribution >= 4 is 47.1 Å². The summed E-state index contributed by atoms with van der Waals surface area (Å²) >= 11 is 0.987.